The third kappa shape index (κ3) is 2.54. The first kappa shape index (κ1) is 12.6. The monoisotopic (exact) mass is 262 g/mol. The van der Waals surface area contributed by atoms with Gasteiger partial charge in [-0.15, -0.1) is 0 Å². The van der Waals surface area contributed by atoms with Crippen LogP contribution in [0.4, 0.5) is 5.69 Å². The van der Waals surface area contributed by atoms with Gasteiger partial charge in [0.2, 0.25) is 0 Å². The van der Waals surface area contributed by atoms with E-state index in [1.165, 1.54) is 25.3 Å². The Balaban J connectivity index is 2.45. The van der Waals surface area contributed by atoms with Gasteiger partial charge in [0.25, 0.3) is 5.69 Å². The number of ether oxygens (including phenoxy) is 1. The molecule has 2 aromatic rings. The number of hydrogen-bond acceptors (Lipinski definition) is 6. The minimum Gasteiger partial charge on any atom is -0.496 e. The van der Waals surface area contributed by atoms with Crippen molar-refractivity contribution in [3.05, 3.63) is 46.2 Å². The van der Waals surface area contributed by atoms with Crippen LogP contribution in [0.3, 0.4) is 0 Å². The molecule has 19 heavy (non-hydrogen) atoms. The summed E-state index contributed by atoms with van der Waals surface area (Å²) in [5.41, 5.74) is 0.509. The Kier molecular flexibility index (Phi) is 3.46. The van der Waals surface area contributed by atoms with E-state index >= 15 is 0 Å². The molecule has 7 nitrogen and oxygen atoms in total. The van der Waals surface area contributed by atoms with E-state index in [4.69, 9.17) is 14.4 Å². The largest absolute Gasteiger partial charge is 0.496 e. The van der Waals surface area contributed by atoms with Gasteiger partial charge in [0, 0.05) is 6.07 Å². The Morgan fingerprint density at radius 2 is 2.21 bits per heavy atom. The summed E-state index contributed by atoms with van der Waals surface area (Å²) in [5, 5.41) is 21.9. The maximum Gasteiger partial charge on any atom is 0.273 e. The highest BCUT2D eigenvalue weighted by Gasteiger charge is 2.15. The summed E-state index contributed by atoms with van der Waals surface area (Å²) in [4.78, 5) is 10.2. The molecule has 0 fully saturated rings. The molecule has 0 spiro atoms. The number of benzene rings is 1. The summed E-state index contributed by atoms with van der Waals surface area (Å²) in [6, 6.07) is 7.48. The molecule has 0 aliphatic rings. The van der Waals surface area contributed by atoms with Gasteiger partial charge in [0.15, 0.2) is 0 Å². The van der Waals surface area contributed by atoms with Gasteiger partial charge in [0.1, 0.15) is 23.5 Å². The van der Waals surface area contributed by atoms with E-state index in [0.29, 0.717) is 22.8 Å². The first-order valence-corrected chi connectivity index (χ1v) is 5.25. The number of nitro benzene ring substituents is 1. The van der Waals surface area contributed by atoms with Gasteiger partial charge in [-0.05, 0) is 18.2 Å². The Morgan fingerprint density at radius 1 is 1.42 bits per heavy atom. The third-order valence-corrected chi connectivity index (χ3v) is 2.47. The highest BCUT2D eigenvalue weighted by Crippen LogP contribution is 2.33. The van der Waals surface area contributed by atoms with Gasteiger partial charge in [0.05, 0.1) is 23.7 Å². The molecule has 0 amide bonds. The molecule has 1 N–H and O–H groups in total. The molecule has 0 atom stereocenters. The normalized spacial score (nSPS) is 10.8. The highest BCUT2D eigenvalue weighted by atomic mass is 16.6. The minimum absolute atomic E-state index is 0.0655. The number of furan rings is 1. The molecule has 0 aliphatic carbocycles. The van der Waals surface area contributed by atoms with E-state index in [0.717, 1.165) is 6.21 Å². The van der Waals surface area contributed by atoms with Crippen molar-refractivity contribution in [1.29, 1.82) is 0 Å². The third-order valence-electron chi connectivity index (χ3n) is 2.47. The van der Waals surface area contributed by atoms with Gasteiger partial charge >= 0.3 is 0 Å². The van der Waals surface area contributed by atoms with Crippen molar-refractivity contribution >= 4 is 11.9 Å². The fraction of sp³-hybridized carbons (Fsp3) is 0.0833. The zero-order chi connectivity index (χ0) is 13.8. The predicted octanol–water partition coefficient (Wildman–Crippen LogP) is 2.67. The SMILES string of the molecule is COc1cc([N+](=O)[O-])ccc1-c1ccc(/C=N\O)o1. The van der Waals surface area contributed by atoms with Crippen molar-refractivity contribution in [2.24, 2.45) is 5.16 Å². The smallest absolute Gasteiger partial charge is 0.273 e. The maximum atomic E-state index is 10.7. The summed E-state index contributed by atoms with van der Waals surface area (Å²) in [7, 11) is 1.42. The van der Waals surface area contributed by atoms with Crippen LogP contribution in [0.2, 0.25) is 0 Å². The second kappa shape index (κ2) is 5.21. The van der Waals surface area contributed by atoms with Crippen LogP contribution in [0.5, 0.6) is 5.75 Å². The van der Waals surface area contributed by atoms with Crippen LogP contribution < -0.4 is 4.74 Å². The standard InChI is InChI=1S/C12H10N2O5/c1-18-12-6-8(14(16)17)2-4-10(12)11-5-3-9(19-11)7-13-15/h2-7,15H,1H3/b13-7-. The molecular weight excluding hydrogens is 252 g/mol. The zero-order valence-electron chi connectivity index (χ0n) is 9.94. The second-order valence-electron chi connectivity index (χ2n) is 3.59. The van der Waals surface area contributed by atoms with Gasteiger partial charge in [-0.3, -0.25) is 10.1 Å². The average molecular weight is 262 g/mol. The summed E-state index contributed by atoms with van der Waals surface area (Å²) in [6.45, 7) is 0. The number of non-ortho nitro benzene ring substituents is 1. The molecule has 0 aliphatic heterocycles. The fourth-order valence-corrected chi connectivity index (χ4v) is 1.62. The summed E-state index contributed by atoms with van der Waals surface area (Å²) in [6.07, 6.45) is 1.14. The molecule has 0 saturated heterocycles. The topological polar surface area (TPSA) is 98.1 Å². The number of nitro groups is 1. The van der Waals surface area contributed by atoms with E-state index in [9.17, 15) is 10.1 Å². The van der Waals surface area contributed by atoms with Crippen LogP contribution in [0.15, 0.2) is 39.9 Å². The van der Waals surface area contributed by atoms with Crippen molar-refractivity contribution in [2.75, 3.05) is 7.11 Å². The molecule has 1 heterocycles. The van der Waals surface area contributed by atoms with Crippen LogP contribution in [0, 0.1) is 10.1 Å². The number of hydrogen-bond donors (Lipinski definition) is 1. The van der Waals surface area contributed by atoms with Crippen molar-refractivity contribution in [2.45, 2.75) is 0 Å². The van der Waals surface area contributed by atoms with Crippen LogP contribution in [0.25, 0.3) is 11.3 Å². The predicted molar refractivity (Wildman–Crippen MR) is 66.7 cm³/mol. The Labute approximate surface area is 107 Å². The van der Waals surface area contributed by atoms with Gasteiger partial charge in [-0.25, -0.2) is 0 Å². The van der Waals surface area contributed by atoms with E-state index in [2.05, 4.69) is 5.16 Å². The van der Waals surface area contributed by atoms with Crippen molar-refractivity contribution < 1.29 is 19.3 Å². The van der Waals surface area contributed by atoms with Crippen molar-refractivity contribution in [3.63, 3.8) is 0 Å². The highest BCUT2D eigenvalue weighted by molar-refractivity contribution is 5.78. The van der Waals surface area contributed by atoms with Crippen molar-refractivity contribution in [1.82, 2.24) is 0 Å². The minimum atomic E-state index is -0.502. The van der Waals surface area contributed by atoms with Gasteiger partial charge < -0.3 is 14.4 Å². The Hall–Kier alpha value is -2.83. The lowest BCUT2D eigenvalue weighted by molar-refractivity contribution is -0.384. The molecule has 1 aromatic carbocycles. The lowest BCUT2D eigenvalue weighted by Gasteiger charge is -2.05. The molecule has 0 unspecified atom stereocenters. The van der Waals surface area contributed by atoms with E-state index in [1.54, 1.807) is 12.1 Å². The zero-order valence-corrected chi connectivity index (χ0v) is 9.94. The lowest BCUT2D eigenvalue weighted by Crippen LogP contribution is -1.92. The molecule has 7 heteroatoms. The van der Waals surface area contributed by atoms with Crippen LogP contribution >= 0.6 is 0 Å². The van der Waals surface area contributed by atoms with Crippen LogP contribution in [-0.4, -0.2) is 23.5 Å². The average Bonchev–Trinajstić information content (AvgIpc) is 2.86. The first-order valence-electron chi connectivity index (χ1n) is 5.25. The molecule has 1 aromatic heterocycles. The molecule has 2 rings (SSSR count). The lowest BCUT2D eigenvalue weighted by atomic mass is 10.1. The van der Waals surface area contributed by atoms with Crippen LogP contribution in [0.1, 0.15) is 5.76 Å². The van der Waals surface area contributed by atoms with E-state index in [-0.39, 0.29) is 5.69 Å². The quantitative estimate of drug-likeness (QED) is 0.395. The molecule has 0 saturated carbocycles. The number of rotatable bonds is 4. The Morgan fingerprint density at radius 3 is 2.84 bits per heavy atom. The molecular formula is C12H10N2O5. The van der Waals surface area contributed by atoms with Gasteiger partial charge in [-0.1, -0.05) is 5.16 Å². The first-order chi connectivity index (χ1) is 9.15. The number of methoxy groups -OCH3 is 1. The van der Waals surface area contributed by atoms with Crippen molar-refractivity contribution in [3.8, 4) is 17.1 Å². The van der Waals surface area contributed by atoms with Gasteiger partial charge in [-0.2, -0.15) is 0 Å². The summed E-state index contributed by atoms with van der Waals surface area (Å²) >= 11 is 0. The van der Waals surface area contributed by atoms with E-state index < -0.39 is 4.92 Å². The number of oxime groups is 1. The maximum absolute atomic E-state index is 10.7. The number of nitrogens with zero attached hydrogens (tertiary/aromatic N) is 2. The van der Waals surface area contributed by atoms with E-state index in [1.807, 2.05) is 0 Å². The van der Waals surface area contributed by atoms with Crippen LogP contribution in [-0.2, 0) is 0 Å². The molecule has 0 bridgehead atoms. The fourth-order valence-electron chi connectivity index (χ4n) is 1.62. The molecule has 0 radical (unpaired) electrons. The molecule has 98 valence electrons. The Bertz CT molecular complexity index is 633. The summed E-state index contributed by atoms with van der Waals surface area (Å²) < 4.78 is 10.5. The second-order valence-corrected chi connectivity index (χ2v) is 3.59. The summed E-state index contributed by atoms with van der Waals surface area (Å²) in [5.74, 6) is 1.15.